The Kier molecular flexibility index (Phi) is 26.4. The molecule has 0 atom stereocenters. The average Bonchev–Trinajstić information content (AvgIpc) is 3.24. The number of allylic oxidation sites excluding steroid dienone is 2. The highest BCUT2D eigenvalue weighted by Crippen LogP contribution is 2.70. The number of hydrogen-bond acceptors (Lipinski definition) is 4. The van der Waals surface area contributed by atoms with E-state index in [-0.39, 0.29) is 10.5 Å². The Morgan fingerprint density at radius 3 is 1.19 bits per heavy atom. The van der Waals surface area contributed by atoms with Gasteiger partial charge in [0.2, 0.25) is 5.24 Å². The number of unbranched alkanes of at least 4 members (excludes halogenated alkanes) is 9. The van der Waals surface area contributed by atoms with Gasteiger partial charge in [-0.3, -0.25) is 19.2 Å². The van der Waals surface area contributed by atoms with Crippen molar-refractivity contribution in [3.63, 3.8) is 0 Å². The molecule has 1 saturated carbocycles. The third-order valence-corrected chi connectivity index (χ3v) is 10.7. The maximum absolute atomic E-state index is 13.3. The number of halogens is 28. The first kappa shape index (κ1) is 71.2. The topological polar surface area (TPSA) is 68.3 Å². The number of rotatable bonds is 22. The molecule has 0 radical (unpaired) electrons. The highest BCUT2D eigenvalue weighted by molar-refractivity contribution is 6.67. The molecule has 0 bridgehead atoms. The van der Waals surface area contributed by atoms with Gasteiger partial charge in [-0.1, -0.05) is 89.5 Å². The fourth-order valence-electron chi connectivity index (χ4n) is 5.39. The number of alkyl halides is 24. The Bertz CT molecular complexity index is 1910. The summed E-state index contributed by atoms with van der Waals surface area (Å²) in [6.07, 6.45) is 13.3. The van der Waals surface area contributed by atoms with E-state index in [0.717, 1.165) is 19.3 Å². The predicted octanol–water partition coefficient (Wildman–Crippen LogP) is 17.2. The van der Waals surface area contributed by atoms with Gasteiger partial charge in [0.25, 0.3) is 15.7 Å². The highest BCUT2D eigenvalue weighted by Gasteiger charge is 3.02. The summed E-state index contributed by atoms with van der Waals surface area (Å²) in [5.41, 5.74) is -4.85. The van der Waals surface area contributed by atoms with Crippen molar-refractivity contribution in [3.8, 4) is 0 Å². The van der Waals surface area contributed by atoms with Crippen LogP contribution in [0.15, 0.2) is 36.4 Å². The first-order valence-electron chi connectivity index (χ1n) is 20.2. The monoisotopic (exact) mass is 1180 g/mol. The van der Waals surface area contributed by atoms with Gasteiger partial charge in [0.05, 0.1) is 0 Å². The standard InChI is InChI=1S/C16H23ClO.C10H17ClO.C7ClF13O.C7ClF11O/c1-2-3-4-5-6-7-8-9-14-10-12-15(13-11-14)16(17)18;1-2-3-4-5-6-7-8-9-10(11)12;8-1(22)2(9,10)3(11,12)4(13,14)5(15,16)6(17,18)7(19,20)21;8-1(20)2(9)3(10,11)5(14,15)7(18,19)6(16,17)4(2,12)13/h10-13H,2-9H2,1H3;6-7H,2-5,8-9H2,1H3;;. The summed E-state index contributed by atoms with van der Waals surface area (Å²) in [6.45, 7) is 4.44. The molecule has 1 fully saturated rings. The van der Waals surface area contributed by atoms with Crippen molar-refractivity contribution >= 4 is 67.4 Å². The Balaban J connectivity index is 0. The van der Waals surface area contributed by atoms with E-state index < -0.39 is 81.6 Å². The van der Waals surface area contributed by atoms with Crippen molar-refractivity contribution < 1.29 is 125 Å². The molecule has 0 spiro atoms. The van der Waals surface area contributed by atoms with Crippen LogP contribution in [0.4, 0.5) is 105 Å². The molecule has 2 rings (SSSR count). The van der Waals surface area contributed by atoms with Gasteiger partial charge in [-0.05, 0) is 96.2 Å². The van der Waals surface area contributed by atoms with E-state index in [1.807, 2.05) is 30.3 Å². The summed E-state index contributed by atoms with van der Waals surface area (Å²) < 4.78 is 301. The molecule has 32 heteroatoms. The zero-order chi connectivity index (χ0) is 57.6. The SMILES string of the molecule is CCCCCC=CCCC(=O)Cl.CCCCCCCCCc1ccc(C(=O)Cl)cc1.O=C(Cl)C(F)(F)C(F)(F)C(F)(F)C(F)(F)C(F)(F)C(F)(F)F.O=C(Cl)C1(F)C(F)(F)C(F)(F)C(F)(F)C(F)(F)C1(F)F. The third kappa shape index (κ3) is 14.9. The Morgan fingerprint density at radius 1 is 0.472 bits per heavy atom. The minimum absolute atomic E-state index is 0.242. The lowest BCUT2D eigenvalue weighted by atomic mass is 9.73. The quantitative estimate of drug-likeness (QED) is 0.0502. The second-order valence-electron chi connectivity index (χ2n) is 15.2. The Hall–Kier alpha value is -2.88. The number of carbonyl (C=O) groups is 4. The smallest absolute Gasteiger partial charge is 0.281 e. The molecule has 1 aliphatic carbocycles. The first-order valence-corrected chi connectivity index (χ1v) is 21.7. The van der Waals surface area contributed by atoms with Gasteiger partial charge < -0.3 is 0 Å². The second kappa shape index (κ2) is 26.7. The van der Waals surface area contributed by atoms with Crippen LogP contribution in [-0.2, 0) is 20.8 Å². The normalized spacial score (nSPS) is 18.1. The fourth-order valence-corrected chi connectivity index (χ4v) is 5.99. The van der Waals surface area contributed by atoms with Crippen molar-refractivity contribution in [2.24, 2.45) is 0 Å². The van der Waals surface area contributed by atoms with Crippen LogP contribution in [0.3, 0.4) is 0 Å². The molecule has 0 amide bonds. The van der Waals surface area contributed by atoms with Crippen LogP contribution in [0.5, 0.6) is 0 Å². The van der Waals surface area contributed by atoms with E-state index in [0.29, 0.717) is 12.0 Å². The molecule has 420 valence electrons. The predicted molar refractivity (Wildman–Crippen MR) is 213 cm³/mol. The second-order valence-corrected chi connectivity index (χ2v) is 16.6. The van der Waals surface area contributed by atoms with E-state index in [2.05, 4.69) is 43.1 Å². The van der Waals surface area contributed by atoms with Crippen LogP contribution < -0.4 is 0 Å². The number of hydrogen-bond donors (Lipinski definition) is 0. The van der Waals surface area contributed by atoms with Gasteiger partial charge in [0.15, 0.2) is 0 Å². The maximum Gasteiger partial charge on any atom is 0.460 e. The summed E-state index contributed by atoms with van der Waals surface area (Å²) in [7, 11) is 0. The van der Waals surface area contributed by atoms with Crippen LogP contribution in [0.25, 0.3) is 0 Å². The number of benzene rings is 1. The van der Waals surface area contributed by atoms with Gasteiger partial charge >= 0.3 is 71.1 Å². The molecule has 1 aromatic rings. The number of carbonyl (C=O) groups excluding carboxylic acids is 4. The Labute approximate surface area is 413 Å². The van der Waals surface area contributed by atoms with Gasteiger partial charge in [0.1, 0.15) is 0 Å². The van der Waals surface area contributed by atoms with Gasteiger partial charge in [-0.15, -0.1) is 0 Å². The van der Waals surface area contributed by atoms with Crippen LogP contribution in [0, 0.1) is 0 Å². The molecular formula is C40H40Cl4F24O4. The summed E-state index contributed by atoms with van der Waals surface area (Å²) in [4.78, 5) is 41.4. The molecule has 0 saturated heterocycles. The molecule has 0 aliphatic heterocycles. The van der Waals surface area contributed by atoms with E-state index in [4.69, 9.17) is 23.2 Å². The third-order valence-electron chi connectivity index (χ3n) is 9.79. The van der Waals surface area contributed by atoms with Gasteiger partial charge in [-0.2, -0.15) is 101 Å². The molecule has 1 aliphatic rings. The molecule has 4 nitrogen and oxygen atoms in total. The van der Waals surface area contributed by atoms with Crippen molar-refractivity contribution in [3.05, 3.63) is 47.5 Å². The molecule has 0 unspecified atom stereocenters. The lowest BCUT2D eigenvalue weighted by Gasteiger charge is -2.50. The van der Waals surface area contributed by atoms with Crippen molar-refractivity contribution in [1.29, 1.82) is 0 Å². The zero-order valence-electron chi connectivity index (χ0n) is 36.6. The van der Waals surface area contributed by atoms with E-state index in [9.17, 15) is 125 Å². The highest BCUT2D eigenvalue weighted by atomic mass is 35.5. The van der Waals surface area contributed by atoms with Crippen molar-refractivity contribution in [2.45, 2.75) is 175 Å². The minimum atomic E-state index is -8.03. The van der Waals surface area contributed by atoms with Crippen LogP contribution >= 0.6 is 46.4 Å². The van der Waals surface area contributed by atoms with Crippen LogP contribution in [-0.4, -0.2) is 92.0 Å². The van der Waals surface area contributed by atoms with Gasteiger partial charge in [-0.25, -0.2) is 4.39 Å². The summed E-state index contributed by atoms with van der Waals surface area (Å²) in [5, 5.41) is -7.96. The lowest BCUT2D eigenvalue weighted by molar-refractivity contribution is -0.475. The van der Waals surface area contributed by atoms with Gasteiger partial charge in [0, 0.05) is 12.0 Å². The van der Waals surface area contributed by atoms with E-state index >= 15 is 0 Å². The average molecular weight is 1180 g/mol. The fraction of sp³-hybridized carbons (Fsp3) is 0.700. The first-order chi connectivity index (χ1) is 32.1. The van der Waals surface area contributed by atoms with Crippen LogP contribution in [0.1, 0.15) is 113 Å². The molecule has 1 aromatic carbocycles. The Morgan fingerprint density at radius 2 is 0.833 bits per heavy atom. The molecule has 0 aromatic heterocycles. The summed E-state index contributed by atoms with van der Waals surface area (Å²) >= 11 is 18.3. The zero-order valence-corrected chi connectivity index (χ0v) is 39.6. The molecule has 72 heavy (non-hydrogen) atoms. The molecule has 0 N–H and O–H groups in total. The lowest BCUT2D eigenvalue weighted by Crippen LogP contribution is -2.85. The number of aryl methyl sites for hydroxylation is 1. The van der Waals surface area contributed by atoms with Crippen molar-refractivity contribution in [2.75, 3.05) is 0 Å². The summed E-state index contributed by atoms with van der Waals surface area (Å²) in [5.74, 6) is -74.7. The molecular weight excluding hydrogens is 1140 g/mol. The van der Waals surface area contributed by atoms with Crippen molar-refractivity contribution in [1.82, 2.24) is 0 Å². The van der Waals surface area contributed by atoms with E-state index in [1.54, 1.807) is 0 Å². The largest absolute Gasteiger partial charge is 0.460 e. The van der Waals surface area contributed by atoms with Crippen LogP contribution in [0.2, 0.25) is 0 Å². The van der Waals surface area contributed by atoms with E-state index in [1.165, 1.54) is 69.8 Å². The molecule has 0 heterocycles. The summed E-state index contributed by atoms with van der Waals surface area (Å²) in [6, 6.07) is 7.64. The minimum Gasteiger partial charge on any atom is -0.281 e. The maximum atomic E-state index is 13.3.